The molecule has 0 aromatic rings. The Balaban J connectivity index is 3.85. The lowest BCUT2D eigenvalue weighted by Gasteiger charge is -2.20. The first kappa shape index (κ1) is 18.4. The van der Waals surface area contributed by atoms with Crippen LogP contribution < -0.4 is 5.32 Å². The Morgan fingerprint density at radius 2 is 2.00 bits per heavy atom. The van der Waals surface area contributed by atoms with Gasteiger partial charge in [-0.3, -0.25) is 14.5 Å². The van der Waals surface area contributed by atoms with Crippen LogP contribution in [0.3, 0.4) is 0 Å². The molecule has 0 saturated carbocycles. The number of carbonyl (C=O) groups excluding carboxylic acids is 2. The van der Waals surface area contributed by atoms with Crippen LogP contribution in [-0.4, -0.2) is 75.6 Å². The predicted octanol–water partition coefficient (Wildman–Crippen LogP) is -0.557. The van der Waals surface area contributed by atoms with E-state index in [1.54, 1.807) is 26.1 Å². The fourth-order valence-corrected chi connectivity index (χ4v) is 1.50. The van der Waals surface area contributed by atoms with E-state index in [2.05, 4.69) is 5.32 Å². The smallest absolute Gasteiger partial charge is 0.236 e. The second kappa shape index (κ2) is 11.2. The van der Waals surface area contributed by atoms with Gasteiger partial charge < -0.3 is 15.0 Å². The molecule has 0 aliphatic rings. The lowest BCUT2D eigenvalue weighted by atomic mass is 10.4. The molecule has 0 spiro atoms. The topological polar surface area (TPSA) is 85.7 Å². The van der Waals surface area contributed by atoms with Gasteiger partial charge in [-0.05, 0) is 13.5 Å². The predicted molar refractivity (Wildman–Crippen MR) is 74.9 cm³/mol. The maximum atomic E-state index is 11.8. The largest absolute Gasteiger partial charge is 0.385 e. The number of methoxy groups -OCH3 is 1. The van der Waals surface area contributed by atoms with E-state index in [0.717, 1.165) is 6.42 Å². The highest BCUT2D eigenvalue weighted by Crippen LogP contribution is 1.91. The summed E-state index contributed by atoms with van der Waals surface area (Å²) in [5, 5.41) is 11.2. The molecule has 1 N–H and O–H groups in total. The van der Waals surface area contributed by atoms with E-state index in [4.69, 9.17) is 10.00 Å². The van der Waals surface area contributed by atoms with E-state index >= 15 is 0 Å². The summed E-state index contributed by atoms with van der Waals surface area (Å²) >= 11 is 0. The minimum atomic E-state index is -0.115. The van der Waals surface area contributed by atoms with Gasteiger partial charge in [0.25, 0.3) is 0 Å². The van der Waals surface area contributed by atoms with Crippen LogP contribution in [0.1, 0.15) is 12.8 Å². The highest BCUT2D eigenvalue weighted by Gasteiger charge is 2.13. The zero-order valence-electron chi connectivity index (χ0n) is 12.5. The Morgan fingerprint density at radius 1 is 1.30 bits per heavy atom. The highest BCUT2D eigenvalue weighted by atomic mass is 16.5. The van der Waals surface area contributed by atoms with Crippen molar-refractivity contribution in [2.75, 3.05) is 54.0 Å². The Kier molecular flexibility index (Phi) is 10.3. The zero-order chi connectivity index (χ0) is 15.4. The van der Waals surface area contributed by atoms with Crippen molar-refractivity contribution in [1.82, 2.24) is 15.1 Å². The third kappa shape index (κ3) is 9.30. The molecule has 0 rings (SSSR count). The molecule has 114 valence electrons. The lowest BCUT2D eigenvalue weighted by Crippen LogP contribution is -2.41. The molecule has 0 atom stereocenters. The van der Waals surface area contributed by atoms with E-state index in [0.29, 0.717) is 26.1 Å². The Hall–Kier alpha value is -1.65. The van der Waals surface area contributed by atoms with Gasteiger partial charge in [-0.1, -0.05) is 0 Å². The normalized spacial score (nSPS) is 10.2. The van der Waals surface area contributed by atoms with Gasteiger partial charge in [0.15, 0.2) is 0 Å². The van der Waals surface area contributed by atoms with Gasteiger partial charge >= 0.3 is 0 Å². The number of amides is 2. The third-order valence-corrected chi connectivity index (χ3v) is 2.65. The fourth-order valence-electron chi connectivity index (χ4n) is 1.50. The number of hydrogen-bond acceptors (Lipinski definition) is 5. The van der Waals surface area contributed by atoms with Crippen LogP contribution >= 0.6 is 0 Å². The van der Waals surface area contributed by atoms with Crippen LogP contribution in [0.15, 0.2) is 0 Å². The second-order valence-electron chi connectivity index (χ2n) is 4.59. The van der Waals surface area contributed by atoms with E-state index < -0.39 is 0 Å². The quantitative estimate of drug-likeness (QED) is 0.544. The molecule has 2 amide bonds. The van der Waals surface area contributed by atoms with Crippen LogP contribution in [0.25, 0.3) is 0 Å². The van der Waals surface area contributed by atoms with Crippen molar-refractivity contribution in [2.45, 2.75) is 12.8 Å². The van der Waals surface area contributed by atoms with E-state index in [1.807, 2.05) is 6.07 Å². The zero-order valence-corrected chi connectivity index (χ0v) is 12.5. The summed E-state index contributed by atoms with van der Waals surface area (Å²) < 4.78 is 4.88. The summed E-state index contributed by atoms with van der Waals surface area (Å²) in [6.07, 6.45) is 1.08. The summed E-state index contributed by atoms with van der Waals surface area (Å²) in [4.78, 5) is 26.5. The van der Waals surface area contributed by atoms with Crippen molar-refractivity contribution >= 4 is 11.8 Å². The molecule has 7 nitrogen and oxygen atoms in total. The summed E-state index contributed by atoms with van der Waals surface area (Å²) in [6.45, 7) is 1.92. The van der Waals surface area contributed by atoms with Crippen LogP contribution in [0.2, 0.25) is 0 Å². The molecule has 20 heavy (non-hydrogen) atoms. The molecule has 0 heterocycles. The molecular weight excluding hydrogens is 260 g/mol. The molecule has 0 fully saturated rings. The van der Waals surface area contributed by atoms with Crippen LogP contribution in [0.5, 0.6) is 0 Å². The molecule has 0 aliphatic heterocycles. The van der Waals surface area contributed by atoms with Crippen molar-refractivity contribution < 1.29 is 14.3 Å². The first-order chi connectivity index (χ1) is 9.51. The molecular formula is C13H24N4O3. The van der Waals surface area contributed by atoms with Gasteiger partial charge in [0.2, 0.25) is 11.8 Å². The number of nitrogens with zero attached hydrogens (tertiary/aromatic N) is 3. The maximum absolute atomic E-state index is 11.8. The molecule has 0 bridgehead atoms. The van der Waals surface area contributed by atoms with Gasteiger partial charge in [0, 0.05) is 33.9 Å². The molecule has 0 unspecified atom stereocenters. The number of nitriles is 1. The monoisotopic (exact) mass is 284 g/mol. The molecule has 0 aromatic carbocycles. The molecule has 0 radical (unpaired) electrons. The fraction of sp³-hybridized carbons (Fsp3) is 0.769. The number of ether oxygens (including phenoxy) is 1. The minimum absolute atomic E-state index is 0.102. The number of carbonyl (C=O) groups is 2. The molecule has 7 heteroatoms. The number of rotatable bonds is 10. The van der Waals surface area contributed by atoms with E-state index in [1.165, 1.54) is 4.90 Å². The summed E-state index contributed by atoms with van der Waals surface area (Å²) in [7, 11) is 4.98. The van der Waals surface area contributed by atoms with Crippen LogP contribution in [-0.2, 0) is 14.3 Å². The molecule has 0 aromatic heterocycles. The van der Waals surface area contributed by atoms with Crippen molar-refractivity contribution in [3.05, 3.63) is 0 Å². The number of nitrogens with one attached hydrogen (secondary N) is 1. The van der Waals surface area contributed by atoms with Gasteiger partial charge in [0.1, 0.15) is 0 Å². The first-order valence-electron chi connectivity index (χ1n) is 6.56. The lowest BCUT2D eigenvalue weighted by molar-refractivity contribution is -0.131. The van der Waals surface area contributed by atoms with Crippen LogP contribution in [0, 0.1) is 11.3 Å². The average molecular weight is 284 g/mol. The van der Waals surface area contributed by atoms with E-state index in [-0.39, 0.29) is 24.9 Å². The van der Waals surface area contributed by atoms with Crippen molar-refractivity contribution in [1.29, 1.82) is 5.26 Å². The Bertz CT molecular complexity index is 341. The van der Waals surface area contributed by atoms with Crippen LogP contribution in [0.4, 0.5) is 0 Å². The van der Waals surface area contributed by atoms with E-state index in [9.17, 15) is 9.59 Å². The summed E-state index contributed by atoms with van der Waals surface area (Å²) in [5.74, 6) is -0.217. The van der Waals surface area contributed by atoms with Gasteiger partial charge in [-0.15, -0.1) is 0 Å². The Labute approximate surface area is 120 Å². The summed E-state index contributed by atoms with van der Waals surface area (Å²) in [6, 6.07) is 1.99. The average Bonchev–Trinajstić information content (AvgIpc) is 2.40. The van der Waals surface area contributed by atoms with Crippen molar-refractivity contribution in [2.24, 2.45) is 0 Å². The van der Waals surface area contributed by atoms with Crippen molar-refractivity contribution in [3.8, 4) is 6.07 Å². The number of hydrogen-bond donors (Lipinski definition) is 1. The van der Waals surface area contributed by atoms with Gasteiger partial charge in [-0.2, -0.15) is 5.26 Å². The highest BCUT2D eigenvalue weighted by molar-refractivity contribution is 5.81. The van der Waals surface area contributed by atoms with Gasteiger partial charge in [0.05, 0.1) is 25.6 Å². The molecule has 0 aliphatic carbocycles. The standard InChI is InChI=1S/C13H24N4O3/c1-16(10-12(18)15-7-5-9-20-3)11-13(19)17(2)8-4-6-14/h4-5,7-11H2,1-3H3,(H,15,18). The first-order valence-corrected chi connectivity index (χ1v) is 6.56. The van der Waals surface area contributed by atoms with Crippen molar-refractivity contribution in [3.63, 3.8) is 0 Å². The Morgan fingerprint density at radius 3 is 2.60 bits per heavy atom. The van der Waals surface area contributed by atoms with Gasteiger partial charge in [-0.25, -0.2) is 0 Å². The SMILES string of the molecule is COCCCNC(=O)CN(C)CC(=O)N(C)CCC#N. The molecule has 0 saturated heterocycles. The number of likely N-dealkylation sites (N-methyl/N-ethyl adjacent to an activating group) is 2. The maximum Gasteiger partial charge on any atom is 0.236 e. The third-order valence-electron chi connectivity index (χ3n) is 2.65. The second-order valence-corrected chi connectivity index (χ2v) is 4.59. The minimum Gasteiger partial charge on any atom is -0.385 e. The summed E-state index contributed by atoms with van der Waals surface area (Å²) in [5.41, 5.74) is 0.